The molecule has 0 aromatic heterocycles. The molecule has 0 saturated heterocycles. The second-order valence-electron chi connectivity index (χ2n) is 5.51. The zero-order chi connectivity index (χ0) is 14.4. The SMILES string of the molecule is CC(C)(C)c1cccc2c(O)c(O)c([Si]O)c(O)c12. The smallest absolute Gasteiger partial charge is 0.273 e. The molecule has 2 rings (SSSR count). The van der Waals surface area contributed by atoms with Crippen molar-refractivity contribution in [1.29, 1.82) is 0 Å². The molecule has 4 nitrogen and oxygen atoms in total. The highest BCUT2D eigenvalue weighted by atomic mass is 28.2. The molecule has 0 spiro atoms. The summed E-state index contributed by atoms with van der Waals surface area (Å²) in [4.78, 5) is 9.27. The van der Waals surface area contributed by atoms with Crippen LogP contribution < -0.4 is 5.19 Å². The minimum absolute atomic E-state index is 0.0262. The maximum Gasteiger partial charge on any atom is 0.273 e. The van der Waals surface area contributed by atoms with Gasteiger partial charge in [0.1, 0.15) is 5.75 Å². The highest BCUT2D eigenvalue weighted by Gasteiger charge is 2.24. The summed E-state index contributed by atoms with van der Waals surface area (Å²) < 4.78 is 0. The maximum absolute atomic E-state index is 10.3. The highest BCUT2D eigenvalue weighted by Crippen LogP contribution is 2.42. The molecule has 19 heavy (non-hydrogen) atoms. The Hall–Kier alpha value is -1.72. The molecule has 0 unspecified atom stereocenters. The van der Waals surface area contributed by atoms with Crippen LogP contribution in [0.1, 0.15) is 26.3 Å². The minimum atomic E-state index is -0.793. The number of rotatable bonds is 1. The first-order valence-corrected chi connectivity index (χ1v) is 6.84. The molecule has 4 N–H and O–H groups in total. The number of hydrogen-bond donors (Lipinski definition) is 4. The van der Waals surface area contributed by atoms with Crippen LogP contribution in [0.25, 0.3) is 10.8 Å². The van der Waals surface area contributed by atoms with Gasteiger partial charge in [0, 0.05) is 10.8 Å². The highest BCUT2D eigenvalue weighted by molar-refractivity contribution is 6.49. The van der Waals surface area contributed by atoms with Crippen LogP contribution in [0.4, 0.5) is 0 Å². The summed E-state index contributed by atoms with van der Waals surface area (Å²) in [6, 6.07) is 5.26. The molecular weight excluding hydrogens is 260 g/mol. The molecule has 0 amide bonds. The first-order valence-electron chi connectivity index (χ1n) is 5.89. The fourth-order valence-electron chi connectivity index (χ4n) is 2.22. The van der Waals surface area contributed by atoms with E-state index in [0.717, 1.165) is 5.56 Å². The van der Waals surface area contributed by atoms with Crippen molar-refractivity contribution in [2.75, 3.05) is 0 Å². The summed E-state index contributed by atoms with van der Waals surface area (Å²) in [6.07, 6.45) is 0. The summed E-state index contributed by atoms with van der Waals surface area (Å²) in [5, 5.41) is 30.9. The second kappa shape index (κ2) is 4.43. The molecule has 5 heteroatoms. The number of phenols is 3. The van der Waals surface area contributed by atoms with Gasteiger partial charge in [-0.3, -0.25) is 0 Å². The van der Waals surface area contributed by atoms with Gasteiger partial charge in [0.25, 0.3) is 9.76 Å². The topological polar surface area (TPSA) is 80.9 Å². The van der Waals surface area contributed by atoms with E-state index in [1.54, 1.807) is 12.1 Å². The van der Waals surface area contributed by atoms with Gasteiger partial charge in [0.2, 0.25) is 0 Å². The van der Waals surface area contributed by atoms with Crippen LogP contribution in [-0.2, 0) is 5.41 Å². The molecule has 100 valence electrons. The Bertz CT molecular complexity index is 644. The van der Waals surface area contributed by atoms with E-state index >= 15 is 0 Å². The second-order valence-corrected chi connectivity index (χ2v) is 6.23. The quantitative estimate of drug-likeness (QED) is 0.361. The van der Waals surface area contributed by atoms with Crippen LogP contribution in [0.15, 0.2) is 18.2 Å². The first-order chi connectivity index (χ1) is 8.79. The Kier molecular flexibility index (Phi) is 3.20. The zero-order valence-electron chi connectivity index (χ0n) is 11.0. The Morgan fingerprint density at radius 3 is 2.11 bits per heavy atom. The zero-order valence-corrected chi connectivity index (χ0v) is 12.0. The summed E-state index contributed by atoms with van der Waals surface area (Å²) in [5.74, 6) is -0.941. The summed E-state index contributed by atoms with van der Waals surface area (Å²) in [6.45, 7) is 5.98. The van der Waals surface area contributed by atoms with Crippen LogP contribution in [-0.4, -0.2) is 29.9 Å². The van der Waals surface area contributed by atoms with Crippen molar-refractivity contribution >= 4 is 25.7 Å². The summed E-state index contributed by atoms with van der Waals surface area (Å²) in [7, 11) is -0.793. The van der Waals surface area contributed by atoms with E-state index in [2.05, 4.69) is 0 Å². The van der Waals surface area contributed by atoms with Crippen molar-refractivity contribution in [2.24, 2.45) is 0 Å². The molecule has 0 saturated carbocycles. The van der Waals surface area contributed by atoms with Gasteiger partial charge in [-0.15, -0.1) is 0 Å². The molecule has 0 aliphatic heterocycles. The van der Waals surface area contributed by atoms with Gasteiger partial charge in [0.05, 0.1) is 5.19 Å². The maximum atomic E-state index is 10.3. The predicted octanol–water partition coefficient (Wildman–Crippen LogP) is 1.49. The normalized spacial score (nSPS) is 12.0. The third-order valence-corrected chi connectivity index (χ3v) is 3.87. The summed E-state index contributed by atoms with van der Waals surface area (Å²) in [5.41, 5.74) is 0.605. The van der Waals surface area contributed by atoms with Crippen molar-refractivity contribution in [2.45, 2.75) is 26.2 Å². The van der Waals surface area contributed by atoms with Crippen molar-refractivity contribution in [3.63, 3.8) is 0 Å². The lowest BCUT2D eigenvalue weighted by Gasteiger charge is -2.23. The van der Waals surface area contributed by atoms with Crippen molar-refractivity contribution in [1.82, 2.24) is 0 Å². The fourth-order valence-corrected chi connectivity index (χ4v) is 2.67. The first kappa shape index (κ1) is 13.7. The molecule has 0 bridgehead atoms. The van der Waals surface area contributed by atoms with E-state index in [4.69, 9.17) is 0 Å². The van der Waals surface area contributed by atoms with Crippen LogP contribution in [0.2, 0.25) is 0 Å². The standard InChI is InChI=1S/C14H16O4Si/c1-14(2,3)8-6-4-5-7-9(8)11(16)13(19-18)12(17)10(7)15/h4-6,15-18H,1-3H3. The van der Waals surface area contributed by atoms with Gasteiger partial charge < -0.3 is 20.1 Å². The van der Waals surface area contributed by atoms with E-state index in [9.17, 15) is 20.1 Å². The van der Waals surface area contributed by atoms with Gasteiger partial charge in [-0.2, -0.15) is 0 Å². The Balaban J connectivity index is 3.02. The Morgan fingerprint density at radius 1 is 0.947 bits per heavy atom. The molecule has 0 fully saturated rings. The van der Waals surface area contributed by atoms with E-state index in [-0.39, 0.29) is 22.1 Å². The Morgan fingerprint density at radius 2 is 1.58 bits per heavy atom. The lowest BCUT2D eigenvalue weighted by molar-refractivity contribution is 0.405. The average Bonchev–Trinajstić information content (AvgIpc) is 2.35. The monoisotopic (exact) mass is 276 g/mol. The summed E-state index contributed by atoms with van der Waals surface area (Å²) >= 11 is 0. The molecule has 0 aliphatic carbocycles. The fraction of sp³-hybridized carbons (Fsp3) is 0.286. The number of phenolic OH excluding ortho intramolecular Hbond substituents is 3. The van der Waals surface area contributed by atoms with E-state index in [1.807, 2.05) is 26.8 Å². The van der Waals surface area contributed by atoms with E-state index in [1.165, 1.54) is 0 Å². The largest absolute Gasteiger partial charge is 0.507 e. The molecule has 2 aromatic rings. The van der Waals surface area contributed by atoms with Gasteiger partial charge >= 0.3 is 0 Å². The predicted molar refractivity (Wildman–Crippen MR) is 75.2 cm³/mol. The third-order valence-electron chi connectivity index (χ3n) is 3.17. The van der Waals surface area contributed by atoms with E-state index < -0.39 is 15.5 Å². The third kappa shape index (κ3) is 2.05. The number of hydrogen-bond acceptors (Lipinski definition) is 4. The van der Waals surface area contributed by atoms with Gasteiger partial charge in [-0.25, -0.2) is 0 Å². The molecule has 0 heterocycles. The van der Waals surface area contributed by atoms with Gasteiger partial charge in [0.15, 0.2) is 11.5 Å². The number of fused-ring (bicyclic) bond motifs is 1. The molecule has 2 aromatic carbocycles. The number of benzene rings is 2. The lowest BCUT2D eigenvalue weighted by atomic mass is 9.83. The molecule has 2 radical (unpaired) electrons. The Labute approximate surface area is 113 Å². The van der Waals surface area contributed by atoms with Crippen molar-refractivity contribution in [3.8, 4) is 17.2 Å². The minimum Gasteiger partial charge on any atom is -0.507 e. The van der Waals surface area contributed by atoms with E-state index in [0.29, 0.717) is 10.8 Å². The van der Waals surface area contributed by atoms with Gasteiger partial charge in [-0.1, -0.05) is 39.0 Å². The van der Waals surface area contributed by atoms with Crippen LogP contribution in [0.5, 0.6) is 17.2 Å². The number of aromatic hydroxyl groups is 3. The average molecular weight is 276 g/mol. The van der Waals surface area contributed by atoms with Crippen LogP contribution in [0, 0.1) is 0 Å². The van der Waals surface area contributed by atoms with Crippen molar-refractivity contribution in [3.05, 3.63) is 23.8 Å². The molecule has 0 atom stereocenters. The lowest BCUT2D eigenvalue weighted by Crippen LogP contribution is -2.17. The molecule has 0 aliphatic rings. The van der Waals surface area contributed by atoms with Gasteiger partial charge in [-0.05, 0) is 11.0 Å². The van der Waals surface area contributed by atoms with Crippen LogP contribution in [0.3, 0.4) is 0 Å². The van der Waals surface area contributed by atoms with Crippen molar-refractivity contribution < 1.29 is 20.1 Å². The molecular formula is C14H16O4Si. The van der Waals surface area contributed by atoms with Crippen LogP contribution >= 0.6 is 0 Å².